The standard InChI is InChI=1S/C17H22ClN3O2/c1-16(2,3)14-10-17(11-19,7-8-21(14)15(22)23)20-13-6-4-5-12(18)9-13/h4-6,9,14,20H,7-8,10H2,1-3H3,(H,22,23). The van der Waals surface area contributed by atoms with Crippen LogP contribution in [0.2, 0.25) is 5.02 Å². The van der Waals surface area contributed by atoms with E-state index in [1.165, 1.54) is 4.90 Å². The van der Waals surface area contributed by atoms with Gasteiger partial charge in [-0.05, 0) is 23.6 Å². The van der Waals surface area contributed by atoms with Crippen LogP contribution < -0.4 is 5.32 Å². The lowest BCUT2D eigenvalue weighted by Gasteiger charge is -2.48. The second-order valence-electron chi connectivity index (χ2n) is 7.14. The molecule has 0 aromatic heterocycles. The van der Waals surface area contributed by atoms with E-state index in [4.69, 9.17) is 11.6 Å². The van der Waals surface area contributed by atoms with E-state index in [0.717, 1.165) is 5.69 Å². The Hall–Kier alpha value is -1.93. The van der Waals surface area contributed by atoms with Gasteiger partial charge in [0.25, 0.3) is 0 Å². The van der Waals surface area contributed by atoms with Crippen LogP contribution in [0.3, 0.4) is 0 Å². The highest BCUT2D eigenvalue weighted by atomic mass is 35.5. The largest absolute Gasteiger partial charge is 0.465 e. The molecular formula is C17H22ClN3O2. The molecule has 6 heteroatoms. The van der Waals surface area contributed by atoms with Gasteiger partial charge in [-0.3, -0.25) is 0 Å². The molecule has 1 heterocycles. The summed E-state index contributed by atoms with van der Waals surface area (Å²) in [5.74, 6) is 0. The molecule has 0 saturated carbocycles. The number of benzene rings is 1. The van der Waals surface area contributed by atoms with E-state index in [0.29, 0.717) is 24.4 Å². The van der Waals surface area contributed by atoms with Crippen molar-refractivity contribution in [1.82, 2.24) is 4.90 Å². The van der Waals surface area contributed by atoms with Gasteiger partial charge in [-0.2, -0.15) is 5.26 Å². The van der Waals surface area contributed by atoms with Gasteiger partial charge in [0.2, 0.25) is 0 Å². The third-order valence-electron chi connectivity index (χ3n) is 4.37. The van der Waals surface area contributed by atoms with E-state index < -0.39 is 11.6 Å². The Balaban J connectivity index is 2.29. The number of nitrogens with one attached hydrogen (secondary N) is 1. The number of nitriles is 1. The smallest absolute Gasteiger partial charge is 0.407 e. The molecule has 0 bridgehead atoms. The third kappa shape index (κ3) is 3.89. The monoisotopic (exact) mass is 335 g/mol. The Morgan fingerprint density at radius 2 is 2.22 bits per heavy atom. The summed E-state index contributed by atoms with van der Waals surface area (Å²) in [6, 6.07) is 9.37. The average Bonchev–Trinajstić information content (AvgIpc) is 2.46. The van der Waals surface area contributed by atoms with Crippen molar-refractivity contribution in [2.45, 2.75) is 45.2 Å². The third-order valence-corrected chi connectivity index (χ3v) is 4.60. The van der Waals surface area contributed by atoms with Crippen LogP contribution in [-0.4, -0.2) is 34.2 Å². The first-order valence-corrected chi connectivity index (χ1v) is 7.99. The van der Waals surface area contributed by atoms with Crippen molar-refractivity contribution < 1.29 is 9.90 Å². The lowest BCUT2D eigenvalue weighted by Crippen LogP contribution is -2.58. The van der Waals surface area contributed by atoms with Crippen LogP contribution in [-0.2, 0) is 0 Å². The summed E-state index contributed by atoms with van der Waals surface area (Å²) in [6.07, 6.45) is -0.0556. The van der Waals surface area contributed by atoms with Crippen molar-refractivity contribution in [2.75, 3.05) is 11.9 Å². The Labute approximate surface area is 141 Å². The van der Waals surface area contributed by atoms with E-state index >= 15 is 0 Å². The number of rotatable bonds is 2. The summed E-state index contributed by atoms with van der Waals surface area (Å²) in [7, 11) is 0. The minimum absolute atomic E-state index is 0.236. The Kier molecular flexibility index (Phi) is 4.76. The quantitative estimate of drug-likeness (QED) is 0.849. The molecule has 2 N–H and O–H groups in total. The first-order valence-electron chi connectivity index (χ1n) is 7.61. The van der Waals surface area contributed by atoms with Crippen molar-refractivity contribution in [3.05, 3.63) is 29.3 Å². The molecule has 1 amide bonds. The molecule has 2 unspecified atom stereocenters. The summed E-state index contributed by atoms with van der Waals surface area (Å²) >= 11 is 6.01. The Morgan fingerprint density at radius 3 is 2.74 bits per heavy atom. The summed E-state index contributed by atoms with van der Waals surface area (Å²) in [4.78, 5) is 13.0. The number of nitrogens with zero attached hydrogens (tertiary/aromatic N) is 2. The second-order valence-corrected chi connectivity index (χ2v) is 7.58. The first-order chi connectivity index (χ1) is 10.7. The average molecular weight is 336 g/mol. The number of piperidine rings is 1. The predicted molar refractivity (Wildman–Crippen MR) is 90.6 cm³/mol. The highest BCUT2D eigenvalue weighted by Gasteiger charge is 2.46. The molecule has 23 heavy (non-hydrogen) atoms. The molecule has 1 aromatic carbocycles. The molecule has 1 aliphatic heterocycles. The zero-order chi connectivity index (χ0) is 17.3. The lowest BCUT2D eigenvalue weighted by atomic mass is 9.74. The van der Waals surface area contributed by atoms with Crippen LogP contribution in [0.5, 0.6) is 0 Å². The number of anilines is 1. The summed E-state index contributed by atoms with van der Waals surface area (Å²) in [5, 5.41) is 23.1. The van der Waals surface area contributed by atoms with Gasteiger partial charge in [-0.15, -0.1) is 0 Å². The number of hydrogen-bond acceptors (Lipinski definition) is 3. The number of halogens is 1. The highest BCUT2D eigenvalue weighted by molar-refractivity contribution is 6.30. The van der Waals surface area contributed by atoms with E-state index in [9.17, 15) is 15.2 Å². The van der Waals surface area contributed by atoms with Gasteiger partial charge in [0.05, 0.1) is 6.07 Å². The zero-order valence-corrected chi connectivity index (χ0v) is 14.4. The number of hydrogen-bond donors (Lipinski definition) is 2. The van der Waals surface area contributed by atoms with Crippen molar-refractivity contribution in [3.63, 3.8) is 0 Å². The van der Waals surface area contributed by atoms with E-state index in [1.54, 1.807) is 12.1 Å². The van der Waals surface area contributed by atoms with Crippen molar-refractivity contribution in [2.24, 2.45) is 5.41 Å². The number of likely N-dealkylation sites (tertiary alicyclic amines) is 1. The molecule has 2 atom stereocenters. The maximum Gasteiger partial charge on any atom is 0.407 e. The van der Waals surface area contributed by atoms with E-state index in [2.05, 4.69) is 11.4 Å². The molecule has 5 nitrogen and oxygen atoms in total. The number of carbonyl (C=O) groups is 1. The van der Waals surface area contributed by atoms with Crippen molar-refractivity contribution >= 4 is 23.4 Å². The minimum atomic E-state index is -0.931. The molecule has 1 aromatic rings. The first kappa shape index (κ1) is 17.4. The Bertz CT molecular complexity index is 635. The Morgan fingerprint density at radius 1 is 1.52 bits per heavy atom. The number of carboxylic acid groups (broad SMARTS) is 1. The fourth-order valence-corrected chi connectivity index (χ4v) is 3.29. The minimum Gasteiger partial charge on any atom is -0.465 e. The molecule has 1 fully saturated rings. The number of amides is 1. The van der Waals surface area contributed by atoms with Crippen LogP contribution in [0, 0.1) is 16.7 Å². The summed E-state index contributed by atoms with van der Waals surface area (Å²) in [5.41, 5.74) is -0.277. The molecular weight excluding hydrogens is 314 g/mol. The lowest BCUT2D eigenvalue weighted by molar-refractivity contribution is 0.0464. The van der Waals surface area contributed by atoms with Crippen LogP contribution in [0.1, 0.15) is 33.6 Å². The molecule has 2 rings (SSSR count). The molecule has 1 saturated heterocycles. The van der Waals surface area contributed by atoms with Crippen LogP contribution in [0.15, 0.2) is 24.3 Å². The fourth-order valence-electron chi connectivity index (χ4n) is 3.10. The second kappa shape index (κ2) is 6.29. The van der Waals surface area contributed by atoms with Crippen LogP contribution >= 0.6 is 11.6 Å². The van der Waals surface area contributed by atoms with Gasteiger partial charge >= 0.3 is 6.09 Å². The SMILES string of the molecule is CC(C)(C)C1CC(C#N)(Nc2cccc(Cl)c2)CCN1C(=O)O. The normalized spacial score (nSPS) is 24.8. The predicted octanol–water partition coefficient (Wildman–Crippen LogP) is 4.20. The highest BCUT2D eigenvalue weighted by Crippen LogP contribution is 2.38. The molecule has 0 radical (unpaired) electrons. The zero-order valence-electron chi connectivity index (χ0n) is 13.6. The van der Waals surface area contributed by atoms with Gasteiger partial charge in [0.15, 0.2) is 0 Å². The van der Waals surface area contributed by atoms with Gasteiger partial charge in [0.1, 0.15) is 5.54 Å². The molecule has 0 spiro atoms. The van der Waals surface area contributed by atoms with Gasteiger partial charge < -0.3 is 15.3 Å². The molecule has 0 aliphatic carbocycles. The van der Waals surface area contributed by atoms with E-state index in [1.807, 2.05) is 32.9 Å². The topological polar surface area (TPSA) is 76.4 Å². The van der Waals surface area contributed by atoms with E-state index in [-0.39, 0.29) is 11.5 Å². The maximum atomic E-state index is 11.5. The van der Waals surface area contributed by atoms with Crippen molar-refractivity contribution in [3.8, 4) is 6.07 Å². The van der Waals surface area contributed by atoms with Crippen molar-refractivity contribution in [1.29, 1.82) is 5.26 Å². The van der Waals surface area contributed by atoms with Gasteiger partial charge in [-0.25, -0.2) is 4.79 Å². The van der Waals surface area contributed by atoms with Gasteiger partial charge in [-0.1, -0.05) is 38.4 Å². The van der Waals surface area contributed by atoms with Crippen LogP contribution in [0.4, 0.5) is 10.5 Å². The van der Waals surface area contributed by atoms with Gasteiger partial charge in [0, 0.05) is 36.1 Å². The van der Waals surface area contributed by atoms with Crippen LogP contribution in [0.25, 0.3) is 0 Å². The molecule has 124 valence electrons. The maximum absolute atomic E-state index is 11.5. The summed E-state index contributed by atoms with van der Waals surface area (Å²) in [6.45, 7) is 6.33. The fraction of sp³-hybridized carbons (Fsp3) is 0.529. The molecule has 1 aliphatic rings. The summed E-state index contributed by atoms with van der Waals surface area (Å²) < 4.78 is 0.